The number of anilines is 1. The van der Waals surface area contributed by atoms with Crippen LogP contribution in [0.15, 0.2) is 18.5 Å². The van der Waals surface area contributed by atoms with Crippen molar-refractivity contribution >= 4 is 19.7 Å². The molecule has 9 heteroatoms. The molecule has 2 fully saturated rings. The predicted molar refractivity (Wildman–Crippen MR) is 75.2 cm³/mol. The van der Waals surface area contributed by atoms with Gasteiger partial charge in [0.1, 0.15) is 5.75 Å². The number of fused-ring (bicyclic) bond motifs is 1. The van der Waals surface area contributed by atoms with Crippen molar-refractivity contribution in [2.24, 2.45) is 5.92 Å². The van der Waals surface area contributed by atoms with Gasteiger partial charge in [-0.25, -0.2) is 0 Å². The van der Waals surface area contributed by atoms with Gasteiger partial charge in [-0.15, -0.1) is 0 Å². The lowest BCUT2D eigenvalue weighted by Crippen LogP contribution is -2.52. The van der Waals surface area contributed by atoms with Crippen molar-refractivity contribution in [3.63, 3.8) is 0 Å². The standard InChI is InChI=1S/C11H17B2N3O4/c1-15-5-8-6-16(7-11(8)15)9-2-10(4-14-3-9)20-13(19)12(17)18/h2-4,8,11,17-19H,5-7H2,1H3/t8-,11+/m0/s1. The summed E-state index contributed by atoms with van der Waals surface area (Å²) in [5, 5.41) is 26.9. The van der Waals surface area contributed by atoms with Gasteiger partial charge < -0.3 is 29.5 Å². The Hall–Kier alpha value is -1.28. The van der Waals surface area contributed by atoms with Gasteiger partial charge >= 0.3 is 14.0 Å². The molecule has 0 saturated carbocycles. The maximum Gasteiger partial charge on any atom is 0.549 e. The van der Waals surface area contributed by atoms with E-state index in [0.29, 0.717) is 17.7 Å². The molecule has 0 spiro atoms. The van der Waals surface area contributed by atoms with Crippen LogP contribution in [-0.2, 0) is 0 Å². The molecule has 7 nitrogen and oxygen atoms in total. The summed E-state index contributed by atoms with van der Waals surface area (Å²) in [5.74, 6) is 1.02. The monoisotopic (exact) mass is 277 g/mol. The summed E-state index contributed by atoms with van der Waals surface area (Å²) in [7, 11) is -1.48. The van der Waals surface area contributed by atoms with Gasteiger partial charge in [0, 0.05) is 37.7 Å². The largest absolute Gasteiger partial charge is 0.549 e. The molecule has 1 aromatic rings. The fraction of sp³-hybridized carbons (Fsp3) is 0.545. The first kappa shape index (κ1) is 13.7. The zero-order valence-electron chi connectivity index (χ0n) is 11.3. The molecule has 0 unspecified atom stereocenters. The summed E-state index contributed by atoms with van der Waals surface area (Å²) in [6.07, 6.45) is 3.19. The SMILES string of the molecule is CN1C[C@H]2CN(c3cncc(OB(O)B(O)O)c3)C[C@H]21. The number of hydrogen-bond donors (Lipinski definition) is 3. The zero-order chi connectivity index (χ0) is 14.3. The first-order valence-corrected chi connectivity index (χ1v) is 6.65. The van der Waals surface area contributed by atoms with E-state index < -0.39 is 14.0 Å². The van der Waals surface area contributed by atoms with E-state index in [1.165, 1.54) is 6.20 Å². The van der Waals surface area contributed by atoms with Gasteiger partial charge in [-0.2, -0.15) is 0 Å². The Morgan fingerprint density at radius 2 is 2.05 bits per heavy atom. The van der Waals surface area contributed by atoms with Gasteiger partial charge in [0.15, 0.2) is 0 Å². The molecule has 0 radical (unpaired) electrons. The number of pyridine rings is 1. The zero-order valence-corrected chi connectivity index (χ0v) is 11.3. The van der Waals surface area contributed by atoms with Gasteiger partial charge in [0.2, 0.25) is 0 Å². The molecular weight excluding hydrogens is 260 g/mol. The molecular formula is C11H17B2N3O4. The third kappa shape index (κ3) is 2.49. The molecule has 2 saturated heterocycles. The fourth-order valence-electron chi connectivity index (χ4n) is 2.96. The molecule has 3 rings (SSSR count). The number of hydrogen-bond acceptors (Lipinski definition) is 7. The molecule has 3 N–H and O–H groups in total. The van der Waals surface area contributed by atoms with Gasteiger partial charge in [-0.1, -0.05) is 0 Å². The highest BCUT2D eigenvalue weighted by Gasteiger charge is 2.43. The van der Waals surface area contributed by atoms with E-state index in [0.717, 1.165) is 25.3 Å². The summed E-state index contributed by atoms with van der Waals surface area (Å²) in [4.78, 5) is 8.65. The van der Waals surface area contributed by atoms with E-state index in [4.69, 9.17) is 14.7 Å². The molecule has 3 heterocycles. The number of likely N-dealkylation sites (tertiary alicyclic amines) is 1. The number of rotatable bonds is 4. The second-order valence-electron chi connectivity index (χ2n) is 5.47. The van der Waals surface area contributed by atoms with Crippen LogP contribution < -0.4 is 9.55 Å². The highest BCUT2D eigenvalue weighted by atomic mass is 16.5. The van der Waals surface area contributed by atoms with E-state index in [9.17, 15) is 5.02 Å². The Morgan fingerprint density at radius 1 is 1.25 bits per heavy atom. The molecule has 0 amide bonds. The predicted octanol–water partition coefficient (Wildman–Crippen LogP) is -1.76. The van der Waals surface area contributed by atoms with Gasteiger partial charge in [-0.05, 0) is 7.05 Å². The average molecular weight is 277 g/mol. The molecule has 2 atom stereocenters. The van der Waals surface area contributed by atoms with Gasteiger partial charge in [0.05, 0.1) is 18.1 Å². The minimum Gasteiger partial charge on any atom is -0.537 e. The highest BCUT2D eigenvalue weighted by Crippen LogP contribution is 2.34. The van der Waals surface area contributed by atoms with Crippen molar-refractivity contribution < 1.29 is 19.7 Å². The van der Waals surface area contributed by atoms with E-state index >= 15 is 0 Å². The molecule has 0 aliphatic carbocycles. The second-order valence-corrected chi connectivity index (χ2v) is 5.47. The summed E-state index contributed by atoms with van der Waals surface area (Å²) in [6, 6.07) is 2.35. The van der Waals surface area contributed by atoms with E-state index in [1.54, 1.807) is 12.3 Å². The molecule has 2 aliphatic rings. The van der Waals surface area contributed by atoms with Gasteiger partial charge in [0.25, 0.3) is 0 Å². The summed E-state index contributed by atoms with van der Waals surface area (Å²) >= 11 is 0. The van der Waals surface area contributed by atoms with Crippen molar-refractivity contribution in [3.05, 3.63) is 18.5 Å². The summed E-state index contributed by atoms with van der Waals surface area (Å²) in [5.41, 5.74) is 0.921. The molecule has 1 aromatic heterocycles. The topological polar surface area (TPSA) is 89.3 Å². The third-order valence-corrected chi connectivity index (χ3v) is 4.07. The van der Waals surface area contributed by atoms with Crippen LogP contribution >= 0.6 is 0 Å². The van der Waals surface area contributed by atoms with Crippen molar-refractivity contribution in [3.8, 4) is 5.75 Å². The highest BCUT2D eigenvalue weighted by molar-refractivity contribution is 7.08. The lowest BCUT2D eigenvalue weighted by Gasteiger charge is -2.40. The van der Waals surface area contributed by atoms with E-state index in [2.05, 4.69) is 21.8 Å². The summed E-state index contributed by atoms with van der Waals surface area (Å²) in [6.45, 7) is 3.07. The maximum absolute atomic E-state index is 9.29. The fourth-order valence-corrected chi connectivity index (χ4v) is 2.96. The number of aromatic nitrogens is 1. The van der Waals surface area contributed by atoms with Crippen LogP contribution in [0.5, 0.6) is 5.75 Å². The Balaban J connectivity index is 1.69. The number of nitrogens with zero attached hydrogens (tertiary/aromatic N) is 3. The van der Waals surface area contributed by atoms with Crippen LogP contribution in [0.4, 0.5) is 5.69 Å². The normalized spacial score (nSPS) is 25.1. The molecule has 20 heavy (non-hydrogen) atoms. The molecule has 0 aromatic carbocycles. The lowest BCUT2D eigenvalue weighted by molar-refractivity contribution is 0.0827. The van der Waals surface area contributed by atoms with Crippen LogP contribution in [-0.4, -0.2) is 71.7 Å². The van der Waals surface area contributed by atoms with Crippen LogP contribution in [0.25, 0.3) is 0 Å². The molecule has 0 bridgehead atoms. The van der Waals surface area contributed by atoms with Crippen LogP contribution in [0.2, 0.25) is 0 Å². The Labute approximate surface area is 118 Å². The van der Waals surface area contributed by atoms with E-state index in [1.807, 2.05) is 0 Å². The molecule has 2 aliphatic heterocycles. The van der Waals surface area contributed by atoms with Crippen molar-refractivity contribution in [1.29, 1.82) is 0 Å². The Kier molecular flexibility index (Phi) is 3.59. The quantitative estimate of drug-likeness (QED) is 0.562. The van der Waals surface area contributed by atoms with E-state index in [-0.39, 0.29) is 0 Å². The first-order valence-electron chi connectivity index (χ1n) is 6.65. The van der Waals surface area contributed by atoms with Crippen molar-refractivity contribution in [2.45, 2.75) is 6.04 Å². The van der Waals surface area contributed by atoms with Gasteiger partial charge in [-0.3, -0.25) is 4.98 Å². The van der Waals surface area contributed by atoms with Crippen molar-refractivity contribution in [1.82, 2.24) is 9.88 Å². The van der Waals surface area contributed by atoms with Crippen LogP contribution in [0, 0.1) is 5.92 Å². The third-order valence-electron chi connectivity index (χ3n) is 4.07. The average Bonchev–Trinajstić information content (AvgIpc) is 2.76. The Morgan fingerprint density at radius 3 is 2.70 bits per heavy atom. The lowest BCUT2D eigenvalue weighted by atomic mass is 9.50. The van der Waals surface area contributed by atoms with Crippen LogP contribution in [0.3, 0.4) is 0 Å². The van der Waals surface area contributed by atoms with Crippen LogP contribution in [0.1, 0.15) is 0 Å². The number of likely N-dealkylation sites (N-methyl/N-ethyl adjacent to an activating group) is 1. The summed E-state index contributed by atoms with van der Waals surface area (Å²) < 4.78 is 5.02. The minimum absolute atomic E-state index is 0.315. The molecule has 106 valence electrons. The first-order chi connectivity index (χ1) is 9.54. The maximum atomic E-state index is 9.29. The minimum atomic E-state index is -1.94. The Bertz CT molecular complexity index is 492. The smallest absolute Gasteiger partial charge is 0.537 e. The second kappa shape index (κ2) is 5.25. The van der Waals surface area contributed by atoms with Crippen molar-refractivity contribution in [2.75, 3.05) is 31.6 Å².